The number of pyridine rings is 1. The number of carbonyl (C=O) groups excluding carboxylic acids is 1. The number of aromatic nitrogens is 7. The van der Waals surface area contributed by atoms with Gasteiger partial charge in [0.2, 0.25) is 5.95 Å². The van der Waals surface area contributed by atoms with Crippen molar-refractivity contribution in [2.45, 2.75) is 25.1 Å². The lowest BCUT2D eigenvalue weighted by atomic mass is 10.1. The standard InChI is InChI=1S/C19H18F3N9O2/c20-19(21,22)17(32)33-15-7-12(31-26-3-4-27-31)8-24-16(15)13-9-25-18(29-28-13)30-6-5-23-14(10-30)11-1-2-11/h3-4,7-9,11,14,23H,1-2,5-6,10H2/t14-/m1/s1. The Morgan fingerprint density at radius 3 is 2.58 bits per heavy atom. The number of nitrogens with one attached hydrogen (secondary N) is 1. The second kappa shape index (κ2) is 8.35. The maximum atomic E-state index is 12.8. The van der Waals surface area contributed by atoms with Crippen molar-refractivity contribution >= 4 is 11.9 Å². The minimum Gasteiger partial charge on any atom is -0.417 e. The second-order valence-corrected chi connectivity index (χ2v) is 7.73. The molecule has 0 radical (unpaired) electrons. The summed E-state index contributed by atoms with van der Waals surface area (Å²) in [6, 6.07) is 1.54. The Kier molecular flexibility index (Phi) is 5.36. The molecular weight excluding hydrogens is 443 g/mol. The molecule has 1 atom stereocenters. The number of piperazine rings is 1. The van der Waals surface area contributed by atoms with Gasteiger partial charge in [-0.15, -0.1) is 15.0 Å². The maximum absolute atomic E-state index is 12.8. The number of esters is 1. The van der Waals surface area contributed by atoms with E-state index in [1.54, 1.807) is 0 Å². The number of nitrogens with zero attached hydrogens (tertiary/aromatic N) is 8. The number of rotatable bonds is 5. The zero-order chi connectivity index (χ0) is 23.0. The lowest BCUT2D eigenvalue weighted by molar-refractivity contribution is -0.189. The Hall–Kier alpha value is -3.68. The number of halogens is 3. The summed E-state index contributed by atoms with van der Waals surface area (Å²) in [5, 5.41) is 19.5. The van der Waals surface area contributed by atoms with Crippen LogP contribution < -0.4 is 15.0 Å². The largest absolute Gasteiger partial charge is 0.491 e. The van der Waals surface area contributed by atoms with Crippen molar-refractivity contribution in [1.82, 2.24) is 40.5 Å². The van der Waals surface area contributed by atoms with Crippen LogP contribution in [0.25, 0.3) is 17.1 Å². The Morgan fingerprint density at radius 1 is 1.12 bits per heavy atom. The van der Waals surface area contributed by atoms with Crippen molar-refractivity contribution in [3.8, 4) is 22.8 Å². The molecule has 1 N–H and O–H groups in total. The fraction of sp³-hybridized carbons (Fsp3) is 0.421. The highest BCUT2D eigenvalue weighted by molar-refractivity contribution is 5.80. The fourth-order valence-corrected chi connectivity index (χ4v) is 3.62. The first-order valence-corrected chi connectivity index (χ1v) is 10.2. The first kappa shape index (κ1) is 21.2. The first-order valence-electron chi connectivity index (χ1n) is 10.2. The molecule has 1 aliphatic carbocycles. The third-order valence-corrected chi connectivity index (χ3v) is 5.39. The monoisotopic (exact) mass is 461 g/mol. The smallest absolute Gasteiger partial charge is 0.417 e. The highest BCUT2D eigenvalue weighted by Crippen LogP contribution is 2.34. The van der Waals surface area contributed by atoms with Gasteiger partial charge in [-0.2, -0.15) is 23.4 Å². The lowest BCUT2D eigenvalue weighted by Crippen LogP contribution is -2.52. The second-order valence-electron chi connectivity index (χ2n) is 7.73. The molecule has 3 aromatic rings. The van der Waals surface area contributed by atoms with Crippen molar-refractivity contribution in [3.63, 3.8) is 0 Å². The maximum Gasteiger partial charge on any atom is 0.491 e. The van der Waals surface area contributed by atoms with E-state index < -0.39 is 17.9 Å². The fourth-order valence-electron chi connectivity index (χ4n) is 3.62. The molecule has 0 spiro atoms. The van der Waals surface area contributed by atoms with E-state index in [0.717, 1.165) is 24.0 Å². The molecule has 0 amide bonds. The Balaban J connectivity index is 1.43. The summed E-state index contributed by atoms with van der Waals surface area (Å²) in [4.78, 5) is 23.1. The predicted molar refractivity (Wildman–Crippen MR) is 106 cm³/mol. The normalized spacial score (nSPS) is 18.9. The van der Waals surface area contributed by atoms with Gasteiger partial charge in [-0.25, -0.2) is 14.8 Å². The molecule has 2 fully saturated rings. The van der Waals surface area contributed by atoms with Gasteiger partial charge in [0, 0.05) is 31.7 Å². The summed E-state index contributed by atoms with van der Waals surface area (Å²) in [6.45, 7) is 2.26. The van der Waals surface area contributed by atoms with E-state index in [1.165, 1.54) is 37.6 Å². The van der Waals surface area contributed by atoms with Gasteiger partial charge in [-0.05, 0) is 18.8 Å². The van der Waals surface area contributed by atoms with Gasteiger partial charge < -0.3 is 15.0 Å². The molecule has 3 aromatic heterocycles. The summed E-state index contributed by atoms with van der Waals surface area (Å²) >= 11 is 0. The van der Waals surface area contributed by atoms with Gasteiger partial charge >= 0.3 is 12.1 Å². The van der Waals surface area contributed by atoms with Crippen molar-refractivity contribution in [2.75, 3.05) is 24.5 Å². The number of hydrogen-bond donors (Lipinski definition) is 1. The summed E-state index contributed by atoms with van der Waals surface area (Å²) in [5.74, 6) is -1.78. The first-order chi connectivity index (χ1) is 15.9. The summed E-state index contributed by atoms with van der Waals surface area (Å²) < 4.78 is 43.0. The molecule has 172 valence electrons. The van der Waals surface area contributed by atoms with Gasteiger partial charge in [-0.1, -0.05) is 0 Å². The van der Waals surface area contributed by atoms with Crippen LogP contribution >= 0.6 is 0 Å². The summed E-state index contributed by atoms with van der Waals surface area (Å²) in [5.41, 5.74) is 0.127. The number of ether oxygens (including phenoxy) is 1. The van der Waals surface area contributed by atoms with E-state index in [9.17, 15) is 18.0 Å². The van der Waals surface area contributed by atoms with Gasteiger partial charge in [-0.3, -0.25) is 0 Å². The molecule has 0 aromatic carbocycles. The quantitative estimate of drug-likeness (QED) is 0.554. The summed E-state index contributed by atoms with van der Waals surface area (Å²) in [6.07, 6.45) is 2.64. The molecule has 2 aliphatic rings. The summed E-state index contributed by atoms with van der Waals surface area (Å²) in [7, 11) is 0. The van der Waals surface area contributed by atoms with E-state index in [1.807, 2.05) is 4.90 Å². The van der Waals surface area contributed by atoms with Gasteiger partial charge in [0.15, 0.2) is 5.75 Å². The molecule has 0 unspecified atom stereocenters. The lowest BCUT2D eigenvalue weighted by Gasteiger charge is -2.33. The van der Waals surface area contributed by atoms with Crippen molar-refractivity contribution < 1.29 is 22.7 Å². The molecular formula is C19H18F3N9O2. The Labute approximate surface area is 185 Å². The van der Waals surface area contributed by atoms with E-state index in [2.05, 4.69) is 40.4 Å². The van der Waals surface area contributed by atoms with Crippen LogP contribution in [-0.4, -0.2) is 73.0 Å². The highest BCUT2D eigenvalue weighted by atomic mass is 19.4. The zero-order valence-electron chi connectivity index (χ0n) is 17.1. The van der Waals surface area contributed by atoms with Gasteiger partial charge in [0.05, 0.1) is 24.8 Å². The zero-order valence-corrected chi connectivity index (χ0v) is 17.1. The molecule has 1 saturated carbocycles. The van der Waals surface area contributed by atoms with Crippen LogP contribution in [0.1, 0.15) is 12.8 Å². The van der Waals surface area contributed by atoms with Crippen molar-refractivity contribution in [2.24, 2.45) is 5.92 Å². The Bertz CT molecular complexity index is 1130. The molecule has 0 bridgehead atoms. The SMILES string of the molecule is O=C(Oc1cc(-n2nccn2)cnc1-c1cnc(N2CCN[C@@H](C3CC3)C2)nn1)C(F)(F)F. The predicted octanol–water partition coefficient (Wildman–Crippen LogP) is 1.17. The number of anilines is 1. The minimum absolute atomic E-state index is 0.0533. The van der Waals surface area contributed by atoms with E-state index in [4.69, 9.17) is 0 Å². The minimum atomic E-state index is -5.19. The number of alkyl halides is 3. The molecule has 1 saturated heterocycles. The highest BCUT2D eigenvalue weighted by Gasteiger charge is 2.42. The molecule has 11 nitrogen and oxygen atoms in total. The van der Waals surface area contributed by atoms with Crippen LogP contribution in [-0.2, 0) is 4.79 Å². The van der Waals surface area contributed by atoms with Crippen LogP contribution in [0.3, 0.4) is 0 Å². The molecule has 4 heterocycles. The molecule has 5 rings (SSSR count). The molecule has 14 heteroatoms. The van der Waals surface area contributed by atoms with Crippen LogP contribution in [0.2, 0.25) is 0 Å². The number of hydrogen-bond acceptors (Lipinski definition) is 10. The van der Waals surface area contributed by atoms with E-state index in [0.29, 0.717) is 24.5 Å². The van der Waals surface area contributed by atoms with Gasteiger partial charge in [0.25, 0.3) is 0 Å². The average Bonchev–Trinajstić information content (AvgIpc) is 3.52. The van der Waals surface area contributed by atoms with Crippen molar-refractivity contribution in [3.05, 3.63) is 30.9 Å². The van der Waals surface area contributed by atoms with Crippen LogP contribution in [0.5, 0.6) is 5.75 Å². The van der Waals surface area contributed by atoms with E-state index >= 15 is 0 Å². The Morgan fingerprint density at radius 2 is 1.91 bits per heavy atom. The third-order valence-electron chi connectivity index (χ3n) is 5.39. The molecule has 33 heavy (non-hydrogen) atoms. The average molecular weight is 461 g/mol. The van der Waals surface area contributed by atoms with Crippen LogP contribution in [0.15, 0.2) is 30.9 Å². The van der Waals surface area contributed by atoms with E-state index in [-0.39, 0.29) is 17.1 Å². The third kappa shape index (κ3) is 4.60. The topological polar surface area (TPSA) is 124 Å². The van der Waals surface area contributed by atoms with Crippen molar-refractivity contribution in [1.29, 1.82) is 0 Å². The van der Waals surface area contributed by atoms with Crippen LogP contribution in [0, 0.1) is 5.92 Å². The molecule has 1 aliphatic heterocycles. The van der Waals surface area contributed by atoms with Crippen LogP contribution in [0.4, 0.5) is 19.1 Å². The van der Waals surface area contributed by atoms with Gasteiger partial charge in [0.1, 0.15) is 17.1 Å². The number of carbonyl (C=O) groups is 1.